The third-order valence-corrected chi connectivity index (χ3v) is 4.35. The van der Waals surface area contributed by atoms with Crippen molar-refractivity contribution in [3.8, 4) is 11.4 Å². The Kier molecular flexibility index (Phi) is 4.97. The highest BCUT2D eigenvalue weighted by molar-refractivity contribution is 6.42. The zero-order valence-corrected chi connectivity index (χ0v) is 15.1. The molecule has 0 fully saturated rings. The minimum atomic E-state index is -0.285. The molecule has 25 heavy (non-hydrogen) atoms. The molecular weight excluding hydrogens is 361 g/mol. The standard InChI is InChI=1S/C18H15Cl2N3O2/c1-11-9-23(10-21-11)16-6-4-13(8-17(16)25-2)22-18(24)12-3-5-14(19)15(20)7-12/h3-10H,1-2H3,(H,22,24). The first-order valence-electron chi connectivity index (χ1n) is 7.43. The highest BCUT2D eigenvalue weighted by Crippen LogP contribution is 2.28. The van der Waals surface area contributed by atoms with Crippen molar-refractivity contribution in [3.05, 3.63) is 70.2 Å². The van der Waals surface area contributed by atoms with Crippen molar-refractivity contribution < 1.29 is 9.53 Å². The average molecular weight is 376 g/mol. The monoisotopic (exact) mass is 375 g/mol. The molecule has 1 N–H and O–H groups in total. The maximum Gasteiger partial charge on any atom is 0.255 e. The number of imidazole rings is 1. The summed E-state index contributed by atoms with van der Waals surface area (Å²) in [5, 5.41) is 3.55. The number of aromatic nitrogens is 2. The summed E-state index contributed by atoms with van der Waals surface area (Å²) < 4.78 is 7.29. The number of amides is 1. The summed E-state index contributed by atoms with van der Waals surface area (Å²) in [6, 6.07) is 10.1. The molecule has 5 nitrogen and oxygen atoms in total. The summed E-state index contributed by atoms with van der Waals surface area (Å²) in [5.74, 6) is 0.330. The van der Waals surface area contributed by atoms with E-state index in [4.69, 9.17) is 27.9 Å². The lowest BCUT2D eigenvalue weighted by Crippen LogP contribution is -2.12. The van der Waals surface area contributed by atoms with Crippen molar-refractivity contribution in [2.24, 2.45) is 0 Å². The number of carbonyl (C=O) groups is 1. The van der Waals surface area contributed by atoms with E-state index in [2.05, 4.69) is 10.3 Å². The molecule has 1 heterocycles. The molecule has 1 aromatic heterocycles. The number of rotatable bonds is 4. The van der Waals surface area contributed by atoms with Gasteiger partial charge >= 0.3 is 0 Å². The van der Waals surface area contributed by atoms with Crippen molar-refractivity contribution in [1.29, 1.82) is 0 Å². The Morgan fingerprint density at radius 3 is 2.60 bits per heavy atom. The molecule has 0 unspecified atom stereocenters. The predicted octanol–water partition coefficient (Wildman–Crippen LogP) is 4.75. The van der Waals surface area contributed by atoms with E-state index >= 15 is 0 Å². The molecular formula is C18H15Cl2N3O2. The Hall–Kier alpha value is -2.50. The van der Waals surface area contributed by atoms with Gasteiger partial charge in [0.25, 0.3) is 5.91 Å². The van der Waals surface area contributed by atoms with Gasteiger partial charge in [0.2, 0.25) is 0 Å². The van der Waals surface area contributed by atoms with Gasteiger partial charge in [0.15, 0.2) is 0 Å². The van der Waals surface area contributed by atoms with Crippen molar-refractivity contribution in [1.82, 2.24) is 9.55 Å². The van der Waals surface area contributed by atoms with Gasteiger partial charge < -0.3 is 14.6 Å². The van der Waals surface area contributed by atoms with E-state index in [0.717, 1.165) is 11.4 Å². The number of ether oxygens (including phenoxy) is 1. The van der Waals surface area contributed by atoms with Gasteiger partial charge in [-0.3, -0.25) is 4.79 Å². The van der Waals surface area contributed by atoms with E-state index in [1.165, 1.54) is 6.07 Å². The van der Waals surface area contributed by atoms with Crippen LogP contribution in [0, 0.1) is 6.92 Å². The first-order chi connectivity index (χ1) is 12.0. The van der Waals surface area contributed by atoms with Crippen LogP contribution in [-0.2, 0) is 0 Å². The van der Waals surface area contributed by atoms with Crippen LogP contribution in [-0.4, -0.2) is 22.6 Å². The SMILES string of the molecule is COc1cc(NC(=O)c2ccc(Cl)c(Cl)c2)ccc1-n1cnc(C)c1. The van der Waals surface area contributed by atoms with Crippen LogP contribution in [0.25, 0.3) is 5.69 Å². The minimum Gasteiger partial charge on any atom is -0.494 e. The van der Waals surface area contributed by atoms with Crippen molar-refractivity contribution >= 4 is 34.8 Å². The average Bonchev–Trinajstić information content (AvgIpc) is 3.03. The van der Waals surface area contributed by atoms with E-state index in [-0.39, 0.29) is 5.91 Å². The maximum atomic E-state index is 12.4. The summed E-state index contributed by atoms with van der Waals surface area (Å²) >= 11 is 11.8. The number of hydrogen-bond acceptors (Lipinski definition) is 3. The van der Waals surface area contributed by atoms with Crippen LogP contribution in [0.3, 0.4) is 0 Å². The lowest BCUT2D eigenvalue weighted by Gasteiger charge is -2.12. The van der Waals surface area contributed by atoms with E-state index in [9.17, 15) is 4.79 Å². The lowest BCUT2D eigenvalue weighted by atomic mass is 10.2. The van der Waals surface area contributed by atoms with Crippen LogP contribution in [0.15, 0.2) is 48.9 Å². The summed E-state index contributed by atoms with van der Waals surface area (Å²) in [4.78, 5) is 16.6. The van der Waals surface area contributed by atoms with Gasteiger partial charge in [-0.1, -0.05) is 23.2 Å². The van der Waals surface area contributed by atoms with Crippen LogP contribution in [0.4, 0.5) is 5.69 Å². The first kappa shape index (κ1) is 17.3. The Bertz CT molecular complexity index is 938. The molecule has 0 saturated heterocycles. The van der Waals surface area contributed by atoms with Crippen molar-refractivity contribution in [3.63, 3.8) is 0 Å². The molecule has 0 aliphatic carbocycles. The Morgan fingerprint density at radius 2 is 1.96 bits per heavy atom. The smallest absolute Gasteiger partial charge is 0.255 e. The molecule has 1 amide bonds. The summed E-state index contributed by atoms with van der Waals surface area (Å²) in [5.41, 5.74) is 2.76. The second-order valence-corrected chi connectivity index (χ2v) is 6.21. The number of methoxy groups -OCH3 is 1. The van der Waals surface area contributed by atoms with Gasteiger partial charge in [-0.2, -0.15) is 0 Å². The van der Waals surface area contributed by atoms with E-state index in [0.29, 0.717) is 27.0 Å². The van der Waals surface area contributed by atoms with E-state index < -0.39 is 0 Å². The van der Waals surface area contributed by atoms with Gasteiger partial charge in [-0.05, 0) is 37.3 Å². The molecule has 0 spiro atoms. The van der Waals surface area contributed by atoms with Crippen molar-refractivity contribution in [2.75, 3.05) is 12.4 Å². The van der Waals surface area contributed by atoms with Crippen LogP contribution in [0.5, 0.6) is 5.75 Å². The number of aryl methyl sites for hydroxylation is 1. The van der Waals surface area contributed by atoms with Gasteiger partial charge in [0.1, 0.15) is 5.75 Å². The molecule has 0 aliphatic heterocycles. The molecule has 3 aromatic rings. The Labute approximate surface area is 155 Å². The molecule has 0 atom stereocenters. The molecule has 2 aromatic carbocycles. The second-order valence-electron chi connectivity index (χ2n) is 5.39. The van der Waals surface area contributed by atoms with Gasteiger partial charge in [0.05, 0.1) is 34.9 Å². The third kappa shape index (κ3) is 3.78. The summed E-state index contributed by atoms with van der Waals surface area (Å²) in [6.45, 7) is 1.91. The zero-order chi connectivity index (χ0) is 18.0. The highest BCUT2D eigenvalue weighted by atomic mass is 35.5. The molecule has 0 radical (unpaired) electrons. The van der Waals surface area contributed by atoms with Crippen molar-refractivity contribution in [2.45, 2.75) is 6.92 Å². The fourth-order valence-corrected chi connectivity index (χ4v) is 2.66. The van der Waals surface area contributed by atoms with Crippen LogP contribution < -0.4 is 10.1 Å². The molecule has 0 aliphatic rings. The number of nitrogens with zero attached hydrogens (tertiary/aromatic N) is 2. The lowest BCUT2D eigenvalue weighted by molar-refractivity contribution is 0.102. The van der Waals surface area contributed by atoms with Crippen LogP contribution >= 0.6 is 23.2 Å². The first-order valence-corrected chi connectivity index (χ1v) is 8.19. The fourth-order valence-electron chi connectivity index (χ4n) is 2.36. The zero-order valence-electron chi connectivity index (χ0n) is 13.6. The van der Waals surface area contributed by atoms with Gasteiger partial charge in [-0.15, -0.1) is 0 Å². The summed E-state index contributed by atoms with van der Waals surface area (Å²) in [7, 11) is 1.58. The van der Waals surface area contributed by atoms with Gasteiger partial charge in [-0.25, -0.2) is 4.98 Å². The Morgan fingerprint density at radius 1 is 1.16 bits per heavy atom. The Balaban J connectivity index is 1.85. The number of hydrogen-bond donors (Lipinski definition) is 1. The van der Waals surface area contributed by atoms with E-state index in [1.807, 2.05) is 23.8 Å². The molecule has 128 valence electrons. The summed E-state index contributed by atoms with van der Waals surface area (Å²) in [6.07, 6.45) is 3.60. The minimum absolute atomic E-state index is 0.285. The largest absolute Gasteiger partial charge is 0.494 e. The molecule has 7 heteroatoms. The predicted molar refractivity (Wildman–Crippen MR) is 99.3 cm³/mol. The maximum absolute atomic E-state index is 12.4. The van der Waals surface area contributed by atoms with Crippen LogP contribution in [0.2, 0.25) is 10.0 Å². The van der Waals surface area contributed by atoms with Crippen LogP contribution in [0.1, 0.15) is 16.1 Å². The number of nitrogens with one attached hydrogen (secondary N) is 1. The molecule has 3 rings (SSSR count). The fraction of sp³-hybridized carbons (Fsp3) is 0.111. The van der Waals surface area contributed by atoms with Gasteiger partial charge in [0, 0.05) is 23.5 Å². The molecule has 0 bridgehead atoms. The normalized spacial score (nSPS) is 10.6. The highest BCUT2D eigenvalue weighted by Gasteiger charge is 2.11. The topological polar surface area (TPSA) is 56.1 Å². The van der Waals surface area contributed by atoms with E-state index in [1.54, 1.807) is 37.7 Å². The second kappa shape index (κ2) is 7.17. The quantitative estimate of drug-likeness (QED) is 0.715. The third-order valence-electron chi connectivity index (χ3n) is 3.61. The number of anilines is 1. The number of carbonyl (C=O) groups excluding carboxylic acids is 1. The number of halogens is 2. The number of benzene rings is 2. The molecule has 0 saturated carbocycles.